The summed E-state index contributed by atoms with van der Waals surface area (Å²) in [4.78, 5) is 25.2. The van der Waals surface area contributed by atoms with Gasteiger partial charge in [0.25, 0.3) is 0 Å². The van der Waals surface area contributed by atoms with Gasteiger partial charge in [-0.25, -0.2) is 4.98 Å². The molecule has 8 heteroatoms. The smallest absolute Gasteiger partial charge is 0.217 e. The van der Waals surface area contributed by atoms with E-state index >= 15 is 0 Å². The highest BCUT2D eigenvalue weighted by Crippen LogP contribution is 2.32. The van der Waals surface area contributed by atoms with Crippen molar-refractivity contribution in [1.29, 1.82) is 0 Å². The van der Waals surface area contributed by atoms with Crippen LogP contribution >= 0.6 is 11.3 Å². The third kappa shape index (κ3) is 6.54. The molecule has 0 spiro atoms. The summed E-state index contributed by atoms with van der Waals surface area (Å²) in [7, 11) is 0. The summed E-state index contributed by atoms with van der Waals surface area (Å²) in [6.07, 6.45) is 6.04. The lowest BCUT2D eigenvalue weighted by Crippen LogP contribution is -2.47. The maximum atomic E-state index is 11.3. The number of carbonyl (C=O) groups excluding carboxylic acids is 1. The second kappa shape index (κ2) is 11.7. The van der Waals surface area contributed by atoms with Crippen LogP contribution in [-0.2, 0) is 9.53 Å². The number of aromatic nitrogens is 1. The van der Waals surface area contributed by atoms with Gasteiger partial charge >= 0.3 is 0 Å². The number of nitrogens with one attached hydrogen (secondary N) is 1. The number of hydrogen-bond donors (Lipinski definition) is 1. The topological polar surface area (TPSA) is 60.9 Å². The summed E-state index contributed by atoms with van der Waals surface area (Å²) in [5, 5.41) is 5.24. The molecule has 3 aliphatic rings. The van der Waals surface area contributed by atoms with Crippen molar-refractivity contribution in [3.63, 3.8) is 0 Å². The zero-order valence-corrected chi connectivity index (χ0v) is 21.8. The van der Waals surface area contributed by atoms with E-state index in [1.807, 2.05) is 0 Å². The van der Waals surface area contributed by atoms with Crippen molar-refractivity contribution in [3.05, 3.63) is 29.6 Å². The molecule has 4 heterocycles. The molecule has 0 unspecified atom stereocenters. The zero-order chi connectivity index (χ0) is 24.0. The Hall–Kier alpha value is -2.16. The Morgan fingerprint density at radius 3 is 2.34 bits per heavy atom. The molecule has 0 atom stereocenters. The predicted octanol–water partition coefficient (Wildman–Crippen LogP) is 3.85. The van der Waals surface area contributed by atoms with Gasteiger partial charge in [0.15, 0.2) is 0 Å². The normalized spacial score (nSPS) is 23.9. The maximum Gasteiger partial charge on any atom is 0.217 e. The molecule has 1 amide bonds. The van der Waals surface area contributed by atoms with Crippen molar-refractivity contribution >= 4 is 28.9 Å². The molecular weight excluding hydrogens is 458 g/mol. The molecule has 2 saturated heterocycles. The number of amides is 1. The van der Waals surface area contributed by atoms with E-state index in [1.54, 1.807) is 18.3 Å². The van der Waals surface area contributed by atoms with E-state index in [-0.39, 0.29) is 5.91 Å². The van der Waals surface area contributed by atoms with Crippen molar-refractivity contribution in [3.8, 4) is 10.4 Å². The largest absolute Gasteiger partial charge is 0.378 e. The molecule has 1 saturated carbocycles. The quantitative estimate of drug-likeness (QED) is 0.627. The SMILES string of the molecule is CC(=O)N[C@H]1CC[C@H](CCN2CCN(c3cc(-c4cccs4)cc(N4CCOCC4)n3)CC2)CC1. The van der Waals surface area contributed by atoms with Gasteiger partial charge in [0.05, 0.1) is 13.2 Å². The van der Waals surface area contributed by atoms with Crippen molar-refractivity contribution < 1.29 is 9.53 Å². The van der Waals surface area contributed by atoms with E-state index in [4.69, 9.17) is 9.72 Å². The van der Waals surface area contributed by atoms with Crippen LogP contribution in [-0.4, -0.2) is 80.9 Å². The van der Waals surface area contributed by atoms with Crippen LogP contribution in [0.3, 0.4) is 0 Å². The lowest BCUT2D eigenvalue weighted by molar-refractivity contribution is -0.119. The van der Waals surface area contributed by atoms with Gasteiger partial charge in [-0.3, -0.25) is 9.69 Å². The third-order valence-electron chi connectivity index (χ3n) is 7.74. The number of hydrogen-bond acceptors (Lipinski definition) is 7. The molecule has 0 bridgehead atoms. The molecule has 2 aromatic heterocycles. The molecule has 190 valence electrons. The van der Waals surface area contributed by atoms with Gasteiger partial charge in [0, 0.05) is 57.1 Å². The molecule has 7 nitrogen and oxygen atoms in total. The van der Waals surface area contributed by atoms with Crippen LogP contribution in [0.5, 0.6) is 0 Å². The Labute approximate surface area is 213 Å². The molecule has 0 radical (unpaired) electrons. The second-order valence-corrected chi connectivity index (χ2v) is 11.1. The first-order valence-electron chi connectivity index (χ1n) is 13.3. The van der Waals surface area contributed by atoms with Crippen molar-refractivity contribution in [2.45, 2.75) is 45.1 Å². The Morgan fingerprint density at radius 1 is 1.03 bits per heavy atom. The van der Waals surface area contributed by atoms with Gasteiger partial charge in [0.1, 0.15) is 11.6 Å². The Morgan fingerprint density at radius 2 is 1.71 bits per heavy atom. The van der Waals surface area contributed by atoms with E-state index < -0.39 is 0 Å². The van der Waals surface area contributed by atoms with Crippen LogP contribution in [0.1, 0.15) is 39.0 Å². The van der Waals surface area contributed by atoms with Crippen LogP contribution in [0.15, 0.2) is 29.6 Å². The number of anilines is 2. The summed E-state index contributed by atoms with van der Waals surface area (Å²) in [6, 6.07) is 9.25. The molecule has 2 aromatic rings. The number of rotatable bonds is 7. The number of piperazine rings is 1. The minimum absolute atomic E-state index is 0.110. The standard InChI is InChI=1S/C27H39N5O2S/c1-21(33)28-24-6-4-22(5-7-24)8-9-30-10-12-31(13-11-30)26-19-23(25-3-2-18-35-25)20-27(29-26)32-14-16-34-17-15-32/h2-3,18-20,22,24H,4-17H2,1H3,(H,28,33)/t22-,24-. The minimum Gasteiger partial charge on any atom is -0.378 e. The lowest BCUT2D eigenvalue weighted by Gasteiger charge is -2.37. The van der Waals surface area contributed by atoms with E-state index in [1.165, 1.54) is 36.2 Å². The van der Waals surface area contributed by atoms with Gasteiger partial charge in [-0.2, -0.15) is 0 Å². The average molecular weight is 498 g/mol. The molecule has 1 N–H and O–H groups in total. The second-order valence-electron chi connectivity index (χ2n) is 10.2. The van der Waals surface area contributed by atoms with Crippen molar-refractivity contribution in [2.24, 2.45) is 5.92 Å². The number of ether oxygens (including phenoxy) is 1. The monoisotopic (exact) mass is 497 g/mol. The van der Waals surface area contributed by atoms with E-state index in [2.05, 4.69) is 49.7 Å². The summed E-state index contributed by atoms with van der Waals surface area (Å²) in [5.41, 5.74) is 1.27. The highest BCUT2D eigenvalue weighted by atomic mass is 32.1. The predicted molar refractivity (Wildman–Crippen MR) is 143 cm³/mol. The fourth-order valence-electron chi connectivity index (χ4n) is 5.65. The van der Waals surface area contributed by atoms with Gasteiger partial charge in [0.2, 0.25) is 5.91 Å². The minimum atomic E-state index is 0.110. The third-order valence-corrected chi connectivity index (χ3v) is 8.66. The molecule has 35 heavy (non-hydrogen) atoms. The Kier molecular flexibility index (Phi) is 8.21. The number of thiophene rings is 1. The van der Waals surface area contributed by atoms with Crippen LogP contribution in [0.2, 0.25) is 0 Å². The van der Waals surface area contributed by atoms with Crippen LogP contribution in [0.25, 0.3) is 10.4 Å². The average Bonchev–Trinajstić information content (AvgIpc) is 3.44. The van der Waals surface area contributed by atoms with Crippen LogP contribution in [0.4, 0.5) is 11.6 Å². The maximum absolute atomic E-state index is 11.3. The lowest BCUT2D eigenvalue weighted by atomic mass is 9.84. The van der Waals surface area contributed by atoms with E-state index in [9.17, 15) is 4.79 Å². The number of nitrogens with zero attached hydrogens (tertiary/aromatic N) is 4. The van der Waals surface area contributed by atoms with Crippen molar-refractivity contribution in [1.82, 2.24) is 15.2 Å². The fourth-order valence-corrected chi connectivity index (χ4v) is 6.37. The zero-order valence-electron chi connectivity index (χ0n) is 21.0. The number of carbonyl (C=O) groups is 1. The number of pyridine rings is 1. The van der Waals surface area contributed by atoms with E-state index in [0.717, 1.165) is 82.9 Å². The molecule has 1 aliphatic carbocycles. The van der Waals surface area contributed by atoms with E-state index in [0.29, 0.717) is 6.04 Å². The molecule has 0 aromatic carbocycles. The summed E-state index contributed by atoms with van der Waals surface area (Å²) >= 11 is 1.79. The molecule has 3 fully saturated rings. The van der Waals surface area contributed by atoms with Gasteiger partial charge < -0.3 is 19.9 Å². The summed E-state index contributed by atoms with van der Waals surface area (Å²) in [5.74, 6) is 3.09. The summed E-state index contributed by atoms with van der Waals surface area (Å²) in [6.45, 7) is 10.4. The van der Waals surface area contributed by atoms with Crippen molar-refractivity contribution in [2.75, 3.05) is 68.8 Å². The molecule has 5 rings (SSSR count). The first-order chi connectivity index (χ1) is 17.1. The first-order valence-corrected chi connectivity index (χ1v) is 14.1. The highest BCUT2D eigenvalue weighted by molar-refractivity contribution is 7.13. The summed E-state index contributed by atoms with van der Waals surface area (Å²) < 4.78 is 5.57. The fraction of sp³-hybridized carbons (Fsp3) is 0.630. The van der Waals surface area contributed by atoms with Crippen LogP contribution in [0, 0.1) is 5.92 Å². The number of morpholine rings is 1. The Balaban J connectivity index is 1.16. The van der Waals surface area contributed by atoms with Crippen LogP contribution < -0.4 is 15.1 Å². The molecule has 2 aliphatic heterocycles. The highest BCUT2D eigenvalue weighted by Gasteiger charge is 2.24. The Bertz CT molecular complexity index is 946. The van der Waals surface area contributed by atoms with Gasteiger partial charge in [-0.05, 0) is 73.7 Å². The molecular formula is C27H39N5O2S. The van der Waals surface area contributed by atoms with Gasteiger partial charge in [-0.1, -0.05) is 6.07 Å². The van der Waals surface area contributed by atoms with Gasteiger partial charge in [-0.15, -0.1) is 11.3 Å². The first kappa shape index (κ1) is 24.5.